The van der Waals surface area contributed by atoms with E-state index in [2.05, 4.69) is 6.58 Å². The first-order chi connectivity index (χ1) is 6.50. The summed E-state index contributed by atoms with van der Waals surface area (Å²) in [5.74, 6) is -3.26. The highest BCUT2D eigenvalue weighted by atomic mass is 32.2. The monoisotopic (exact) mass is 219 g/mol. The van der Waals surface area contributed by atoms with Crippen molar-refractivity contribution in [2.75, 3.05) is 5.73 Å². The van der Waals surface area contributed by atoms with Gasteiger partial charge in [-0.3, -0.25) is 0 Å². The molecule has 0 atom stereocenters. The average molecular weight is 219 g/mol. The highest BCUT2D eigenvalue weighted by Crippen LogP contribution is 2.34. The van der Waals surface area contributed by atoms with E-state index in [1.54, 1.807) is 0 Å². The first-order valence-electron chi connectivity index (χ1n) is 3.70. The first kappa shape index (κ1) is 11.0. The summed E-state index contributed by atoms with van der Waals surface area (Å²) in [5.41, 5.74) is 4.50. The molecule has 0 spiro atoms. The predicted octanol–water partition coefficient (Wildman–Crippen LogP) is 3.23. The minimum Gasteiger partial charge on any atom is -0.395 e. The van der Waals surface area contributed by atoms with E-state index < -0.39 is 23.0 Å². The molecule has 0 heterocycles. The Hall–Kier alpha value is -1.10. The second-order valence-electron chi connectivity index (χ2n) is 2.59. The molecule has 0 amide bonds. The van der Waals surface area contributed by atoms with Gasteiger partial charge >= 0.3 is 0 Å². The number of hydrogen-bond donors (Lipinski definition) is 1. The van der Waals surface area contributed by atoms with E-state index in [9.17, 15) is 13.2 Å². The average Bonchev–Trinajstić information content (AvgIpc) is 2.19. The van der Waals surface area contributed by atoms with Crippen LogP contribution in [0.4, 0.5) is 18.9 Å². The fourth-order valence-corrected chi connectivity index (χ4v) is 1.56. The number of halogens is 3. The fourth-order valence-electron chi connectivity index (χ4n) is 0.979. The third-order valence-electron chi connectivity index (χ3n) is 1.73. The van der Waals surface area contributed by atoms with E-state index in [0.717, 1.165) is 18.7 Å². The summed E-state index contributed by atoms with van der Waals surface area (Å²) >= 11 is 0.749. The molecule has 1 nitrogen and oxygen atoms in total. The minimum atomic E-state index is -1.21. The van der Waals surface area contributed by atoms with Crippen molar-refractivity contribution in [1.82, 2.24) is 0 Å². The quantitative estimate of drug-likeness (QED) is 0.469. The molecule has 0 fully saturated rings. The molecule has 1 aromatic rings. The molecular formula is C9H8F3NS. The molecular weight excluding hydrogens is 211 g/mol. The van der Waals surface area contributed by atoms with E-state index >= 15 is 0 Å². The van der Waals surface area contributed by atoms with Gasteiger partial charge in [-0.25, -0.2) is 13.2 Å². The van der Waals surface area contributed by atoms with Gasteiger partial charge in [0.15, 0.2) is 17.5 Å². The molecule has 1 aromatic carbocycles. The van der Waals surface area contributed by atoms with Gasteiger partial charge in [0.2, 0.25) is 0 Å². The lowest BCUT2D eigenvalue weighted by atomic mass is 10.2. The Balaban J connectivity index is 3.50. The molecule has 0 aliphatic heterocycles. The van der Waals surface area contributed by atoms with Gasteiger partial charge in [0.25, 0.3) is 0 Å². The van der Waals surface area contributed by atoms with Crippen molar-refractivity contribution >= 4 is 17.4 Å². The first-order valence-corrected chi connectivity index (χ1v) is 4.58. The summed E-state index contributed by atoms with van der Waals surface area (Å²) in [6.45, 7) is 4.45. The van der Waals surface area contributed by atoms with Crippen LogP contribution in [0.15, 0.2) is 16.9 Å². The number of benzene rings is 1. The lowest BCUT2D eigenvalue weighted by Crippen LogP contribution is -2.03. The molecule has 2 N–H and O–H groups in total. The van der Waals surface area contributed by atoms with Crippen LogP contribution in [-0.4, -0.2) is 0 Å². The topological polar surface area (TPSA) is 26.0 Å². The number of thioether (sulfide) groups is 1. The summed E-state index contributed by atoms with van der Waals surface area (Å²) < 4.78 is 39.4. The van der Waals surface area contributed by atoms with Crippen LogP contribution in [0, 0.1) is 24.4 Å². The van der Waals surface area contributed by atoms with Gasteiger partial charge < -0.3 is 5.73 Å². The molecule has 0 saturated heterocycles. The van der Waals surface area contributed by atoms with Crippen molar-refractivity contribution in [2.24, 2.45) is 0 Å². The normalized spacial score (nSPS) is 10.3. The molecule has 76 valence electrons. The molecule has 0 radical (unpaired) electrons. The van der Waals surface area contributed by atoms with E-state index in [-0.39, 0.29) is 10.6 Å². The maximum atomic E-state index is 13.2. The second-order valence-corrected chi connectivity index (χ2v) is 3.57. The van der Waals surface area contributed by atoms with Gasteiger partial charge in [0.1, 0.15) is 0 Å². The van der Waals surface area contributed by atoms with Crippen LogP contribution in [0.5, 0.6) is 0 Å². The van der Waals surface area contributed by atoms with E-state index in [1.807, 2.05) is 0 Å². The highest BCUT2D eigenvalue weighted by molar-refractivity contribution is 8.02. The number of nitrogen functional groups attached to an aromatic ring is 1. The predicted molar refractivity (Wildman–Crippen MR) is 51.5 cm³/mol. The zero-order chi connectivity index (χ0) is 10.9. The Morgan fingerprint density at radius 2 is 1.79 bits per heavy atom. The standard InChI is InChI=1S/C9H8F3NS/c1-3-14-9-7(12)5(10)4(2)6(11)8(9)13/h3H,1,13H2,2H3. The fraction of sp³-hybridized carbons (Fsp3) is 0.111. The number of nitrogens with two attached hydrogens (primary N) is 1. The van der Waals surface area contributed by atoms with Crippen LogP contribution in [0.2, 0.25) is 0 Å². The Kier molecular flexibility index (Phi) is 3.10. The van der Waals surface area contributed by atoms with Gasteiger partial charge in [-0.05, 0) is 12.3 Å². The Morgan fingerprint density at radius 1 is 1.21 bits per heavy atom. The van der Waals surface area contributed by atoms with E-state index in [4.69, 9.17) is 5.73 Å². The molecule has 0 saturated carbocycles. The van der Waals surface area contributed by atoms with Gasteiger partial charge in [-0.2, -0.15) is 0 Å². The number of rotatable bonds is 2. The van der Waals surface area contributed by atoms with Crippen molar-refractivity contribution < 1.29 is 13.2 Å². The SMILES string of the molecule is C=CSc1c(N)c(F)c(C)c(F)c1F. The van der Waals surface area contributed by atoms with Crippen molar-refractivity contribution in [3.63, 3.8) is 0 Å². The van der Waals surface area contributed by atoms with E-state index in [0.29, 0.717) is 0 Å². The summed E-state index contributed by atoms with van der Waals surface area (Å²) in [4.78, 5) is -0.263. The number of anilines is 1. The Bertz CT molecular complexity index is 361. The number of hydrogen-bond acceptors (Lipinski definition) is 2. The van der Waals surface area contributed by atoms with Gasteiger partial charge in [-0.1, -0.05) is 18.3 Å². The highest BCUT2D eigenvalue weighted by Gasteiger charge is 2.20. The third kappa shape index (κ3) is 1.59. The Morgan fingerprint density at radius 3 is 2.29 bits per heavy atom. The van der Waals surface area contributed by atoms with Crippen molar-refractivity contribution in [3.05, 3.63) is 35.0 Å². The summed E-state index contributed by atoms with van der Waals surface area (Å²) in [5, 5.41) is 1.25. The van der Waals surface area contributed by atoms with Crippen LogP contribution < -0.4 is 5.73 Å². The molecule has 0 aromatic heterocycles. The van der Waals surface area contributed by atoms with Crippen molar-refractivity contribution in [2.45, 2.75) is 11.8 Å². The third-order valence-corrected chi connectivity index (χ3v) is 2.53. The van der Waals surface area contributed by atoms with Crippen LogP contribution in [0.1, 0.15) is 5.56 Å². The van der Waals surface area contributed by atoms with E-state index in [1.165, 1.54) is 5.41 Å². The zero-order valence-electron chi connectivity index (χ0n) is 7.40. The lowest BCUT2D eigenvalue weighted by molar-refractivity contribution is 0.471. The minimum absolute atomic E-state index is 0.263. The summed E-state index contributed by atoms with van der Waals surface area (Å²) in [6, 6.07) is 0. The molecule has 14 heavy (non-hydrogen) atoms. The van der Waals surface area contributed by atoms with Gasteiger partial charge in [0.05, 0.1) is 10.6 Å². The Labute approximate surface area is 83.8 Å². The molecule has 0 bridgehead atoms. The maximum Gasteiger partial charge on any atom is 0.175 e. The van der Waals surface area contributed by atoms with Crippen LogP contribution in [-0.2, 0) is 0 Å². The molecule has 0 aliphatic rings. The van der Waals surface area contributed by atoms with Crippen LogP contribution in [0.25, 0.3) is 0 Å². The maximum absolute atomic E-state index is 13.2. The van der Waals surface area contributed by atoms with Crippen molar-refractivity contribution in [1.29, 1.82) is 0 Å². The van der Waals surface area contributed by atoms with Crippen LogP contribution in [0.3, 0.4) is 0 Å². The zero-order valence-corrected chi connectivity index (χ0v) is 8.22. The van der Waals surface area contributed by atoms with Crippen molar-refractivity contribution in [3.8, 4) is 0 Å². The lowest BCUT2D eigenvalue weighted by Gasteiger charge is -2.09. The second kappa shape index (κ2) is 3.96. The summed E-state index contributed by atoms with van der Waals surface area (Å²) in [6.07, 6.45) is 0. The molecule has 5 heteroatoms. The molecule has 0 aliphatic carbocycles. The largest absolute Gasteiger partial charge is 0.395 e. The smallest absolute Gasteiger partial charge is 0.175 e. The molecule has 1 rings (SSSR count). The van der Waals surface area contributed by atoms with Crippen LogP contribution >= 0.6 is 11.8 Å². The molecule has 0 unspecified atom stereocenters. The van der Waals surface area contributed by atoms with Gasteiger partial charge in [-0.15, -0.1) is 0 Å². The summed E-state index contributed by atoms with van der Waals surface area (Å²) in [7, 11) is 0. The van der Waals surface area contributed by atoms with Gasteiger partial charge in [0, 0.05) is 5.56 Å².